The first-order valence-electron chi connectivity index (χ1n) is 4.78. The molecule has 0 fully saturated rings. The minimum Gasteiger partial charge on any atom is -0.388 e. The smallest absolute Gasteiger partial charge is 0.0795 e. The van der Waals surface area contributed by atoms with Crippen LogP contribution in [-0.4, -0.2) is 11.2 Å². The number of hydrogen-bond donors (Lipinski definition) is 1. The van der Waals surface area contributed by atoms with Crippen LogP contribution < -0.4 is 0 Å². The molecule has 12 heavy (non-hydrogen) atoms. The number of allylic oxidation sites excluding steroid dienone is 2. The van der Waals surface area contributed by atoms with Crippen LogP contribution in [0.4, 0.5) is 0 Å². The number of hydrogen-bond acceptors (Lipinski definition) is 1. The zero-order chi connectivity index (χ0) is 8.72. The molecule has 0 bridgehead atoms. The van der Waals surface area contributed by atoms with Gasteiger partial charge in [0.2, 0.25) is 0 Å². The van der Waals surface area contributed by atoms with E-state index >= 15 is 0 Å². The molecule has 0 saturated carbocycles. The largest absolute Gasteiger partial charge is 0.388 e. The minimum absolute atomic E-state index is 0.168. The van der Waals surface area contributed by atoms with Crippen LogP contribution in [0.2, 0.25) is 0 Å². The van der Waals surface area contributed by atoms with E-state index in [0.717, 1.165) is 19.3 Å². The molecule has 1 heteroatoms. The van der Waals surface area contributed by atoms with Crippen molar-refractivity contribution in [3.8, 4) is 0 Å². The second-order valence-corrected chi connectivity index (χ2v) is 4.02. The molecule has 2 unspecified atom stereocenters. The van der Waals surface area contributed by atoms with Gasteiger partial charge in [0.25, 0.3) is 0 Å². The molecule has 66 valence electrons. The number of aliphatic hydroxyl groups is 1. The van der Waals surface area contributed by atoms with Crippen molar-refractivity contribution in [1.29, 1.82) is 0 Å². The lowest BCUT2D eigenvalue weighted by Crippen LogP contribution is -2.11. The van der Waals surface area contributed by atoms with Gasteiger partial charge in [-0.05, 0) is 43.3 Å². The maximum Gasteiger partial charge on any atom is 0.0795 e. The molecule has 0 radical (unpaired) electrons. The fourth-order valence-corrected chi connectivity index (χ4v) is 2.42. The van der Waals surface area contributed by atoms with Gasteiger partial charge in [-0.3, -0.25) is 0 Å². The van der Waals surface area contributed by atoms with E-state index in [9.17, 15) is 5.11 Å². The quantitative estimate of drug-likeness (QED) is 0.583. The van der Waals surface area contributed by atoms with E-state index in [-0.39, 0.29) is 6.10 Å². The Labute approximate surface area is 73.8 Å². The van der Waals surface area contributed by atoms with Crippen LogP contribution in [0.3, 0.4) is 0 Å². The van der Waals surface area contributed by atoms with Crippen LogP contribution in [0.1, 0.15) is 33.1 Å². The molecule has 0 aromatic rings. The van der Waals surface area contributed by atoms with Crippen LogP contribution in [-0.2, 0) is 0 Å². The lowest BCUT2D eigenvalue weighted by Gasteiger charge is -2.21. The fourth-order valence-electron chi connectivity index (χ4n) is 2.42. The number of aliphatic hydroxyl groups excluding tert-OH is 1. The third-order valence-corrected chi connectivity index (χ3v) is 3.16. The summed E-state index contributed by atoms with van der Waals surface area (Å²) < 4.78 is 0. The number of rotatable bonds is 0. The molecular formula is C11H16O. The molecule has 2 rings (SSSR count). The summed E-state index contributed by atoms with van der Waals surface area (Å²) in [5.74, 6) is 0.667. The van der Waals surface area contributed by atoms with Crippen LogP contribution in [0.15, 0.2) is 22.8 Å². The summed E-state index contributed by atoms with van der Waals surface area (Å²) in [7, 11) is 0. The van der Waals surface area contributed by atoms with Crippen molar-refractivity contribution < 1.29 is 5.11 Å². The SMILES string of the molecule is CC1=CCC(C)C2=C1C(O)CC2. The topological polar surface area (TPSA) is 20.2 Å². The summed E-state index contributed by atoms with van der Waals surface area (Å²) in [6.45, 7) is 4.38. The van der Waals surface area contributed by atoms with Gasteiger partial charge in [-0.15, -0.1) is 0 Å². The molecule has 2 aliphatic carbocycles. The first kappa shape index (κ1) is 8.06. The second kappa shape index (κ2) is 2.74. The van der Waals surface area contributed by atoms with Gasteiger partial charge in [0.1, 0.15) is 0 Å². The van der Waals surface area contributed by atoms with Gasteiger partial charge in [-0.2, -0.15) is 0 Å². The highest BCUT2D eigenvalue weighted by Crippen LogP contribution is 2.40. The van der Waals surface area contributed by atoms with Crippen molar-refractivity contribution in [1.82, 2.24) is 0 Å². The predicted octanol–water partition coefficient (Wildman–Crippen LogP) is 2.42. The molecule has 1 nitrogen and oxygen atoms in total. The highest BCUT2D eigenvalue weighted by Gasteiger charge is 2.29. The van der Waals surface area contributed by atoms with E-state index in [4.69, 9.17) is 0 Å². The van der Waals surface area contributed by atoms with E-state index in [2.05, 4.69) is 19.9 Å². The first-order valence-corrected chi connectivity index (χ1v) is 4.78. The summed E-state index contributed by atoms with van der Waals surface area (Å²) in [6, 6.07) is 0. The summed E-state index contributed by atoms with van der Waals surface area (Å²) >= 11 is 0. The summed E-state index contributed by atoms with van der Waals surface area (Å²) in [6.07, 6.45) is 5.32. The van der Waals surface area contributed by atoms with Crippen LogP contribution in [0, 0.1) is 5.92 Å². The monoisotopic (exact) mass is 164 g/mol. The Morgan fingerprint density at radius 3 is 2.92 bits per heavy atom. The molecule has 1 N–H and O–H groups in total. The molecule has 0 aromatic heterocycles. The second-order valence-electron chi connectivity index (χ2n) is 4.02. The van der Waals surface area contributed by atoms with E-state index in [0.29, 0.717) is 5.92 Å². The van der Waals surface area contributed by atoms with E-state index in [1.807, 2.05) is 0 Å². The van der Waals surface area contributed by atoms with Gasteiger partial charge in [0.05, 0.1) is 6.10 Å². The average Bonchev–Trinajstić information content (AvgIpc) is 2.42. The predicted molar refractivity (Wildman–Crippen MR) is 49.8 cm³/mol. The molecule has 0 amide bonds. The van der Waals surface area contributed by atoms with Gasteiger partial charge in [0, 0.05) is 0 Å². The lowest BCUT2D eigenvalue weighted by molar-refractivity contribution is 0.214. The van der Waals surface area contributed by atoms with E-state index < -0.39 is 0 Å². The zero-order valence-corrected chi connectivity index (χ0v) is 7.80. The Kier molecular flexibility index (Phi) is 1.84. The standard InChI is InChI=1S/C11H16O/c1-7-3-4-8(2)11-9(7)5-6-10(11)12/h4,7,10,12H,3,5-6H2,1-2H3. The Morgan fingerprint density at radius 2 is 2.25 bits per heavy atom. The van der Waals surface area contributed by atoms with Crippen LogP contribution >= 0.6 is 0 Å². The first-order chi connectivity index (χ1) is 5.70. The molecule has 0 heterocycles. The third-order valence-electron chi connectivity index (χ3n) is 3.16. The van der Waals surface area contributed by atoms with Crippen LogP contribution in [0.25, 0.3) is 0 Å². The third kappa shape index (κ3) is 1.04. The Morgan fingerprint density at radius 1 is 1.50 bits per heavy atom. The van der Waals surface area contributed by atoms with Crippen molar-refractivity contribution >= 4 is 0 Å². The molecule has 0 aliphatic heterocycles. The molecule has 0 spiro atoms. The lowest BCUT2D eigenvalue weighted by atomic mass is 9.86. The molecule has 0 saturated heterocycles. The van der Waals surface area contributed by atoms with Crippen molar-refractivity contribution in [3.63, 3.8) is 0 Å². The van der Waals surface area contributed by atoms with Gasteiger partial charge in [-0.25, -0.2) is 0 Å². The van der Waals surface area contributed by atoms with E-state index in [1.165, 1.54) is 16.7 Å². The highest BCUT2D eigenvalue weighted by molar-refractivity contribution is 5.43. The molecule has 2 atom stereocenters. The maximum absolute atomic E-state index is 9.71. The normalized spacial score (nSPS) is 35.1. The highest BCUT2D eigenvalue weighted by atomic mass is 16.3. The van der Waals surface area contributed by atoms with Gasteiger partial charge >= 0.3 is 0 Å². The summed E-state index contributed by atoms with van der Waals surface area (Å²) in [5, 5.41) is 9.71. The molecule has 2 aliphatic rings. The zero-order valence-electron chi connectivity index (χ0n) is 7.80. The van der Waals surface area contributed by atoms with Crippen LogP contribution in [0.5, 0.6) is 0 Å². The Balaban J connectivity index is 2.40. The van der Waals surface area contributed by atoms with Crippen molar-refractivity contribution in [3.05, 3.63) is 22.8 Å². The Bertz CT molecular complexity index is 260. The summed E-state index contributed by atoms with van der Waals surface area (Å²) in [4.78, 5) is 0. The van der Waals surface area contributed by atoms with Crippen molar-refractivity contribution in [2.24, 2.45) is 5.92 Å². The minimum atomic E-state index is -0.168. The van der Waals surface area contributed by atoms with Crippen molar-refractivity contribution in [2.45, 2.75) is 39.2 Å². The van der Waals surface area contributed by atoms with Gasteiger partial charge in [0.15, 0.2) is 0 Å². The Hall–Kier alpha value is -0.560. The molecular weight excluding hydrogens is 148 g/mol. The van der Waals surface area contributed by atoms with Gasteiger partial charge < -0.3 is 5.11 Å². The molecule has 0 aromatic carbocycles. The van der Waals surface area contributed by atoms with Crippen molar-refractivity contribution in [2.75, 3.05) is 0 Å². The maximum atomic E-state index is 9.71. The average molecular weight is 164 g/mol. The fraction of sp³-hybridized carbons (Fsp3) is 0.636. The van der Waals surface area contributed by atoms with E-state index in [1.54, 1.807) is 0 Å². The van der Waals surface area contributed by atoms with Gasteiger partial charge in [-0.1, -0.05) is 18.6 Å². The summed E-state index contributed by atoms with van der Waals surface area (Å²) in [5.41, 5.74) is 4.09.